The number of aliphatic carboxylic acids is 1. The van der Waals surface area contributed by atoms with Gasteiger partial charge in [0.15, 0.2) is 0 Å². The van der Waals surface area contributed by atoms with Crippen LogP contribution in [0.25, 0.3) is 0 Å². The number of aryl methyl sites for hydroxylation is 2. The van der Waals surface area contributed by atoms with Gasteiger partial charge in [-0.2, -0.15) is 5.10 Å². The molecule has 2 heterocycles. The lowest BCUT2D eigenvalue weighted by atomic mass is 9.93. The number of nitrogens with zero attached hydrogens (tertiary/aromatic N) is 3. The van der Waals surface area contributed by atoms with Crippen LogP contribution in [0.2, 0.25) is 0 Å². The number of carbonyl (C=O) groups excluding carboxylic acids is 1. The van der Waals surface area contributed by atoms with Crippen LogP contribution in [0.3, 0.4) is 0 Å². The smallest absolute Gasteiger partial charge is 0.308 e. The fourth-order valence-corrected chi connectivity index (χ4v) is 2.98. The van der Waals surface area contributed by atoms with Gasteiger partial charge in [0, 0.05) is 30.9 Å². The number of amides is 1. The first-order valence-electron chi connectivity index (χ1n) is 7.32. The number of piperidine rings is 1. The second-order valence-electron chi connectivity index (χ2n) is 5.96. The molecular formula is C15H23N3O3. The van der Waals surface area contributed by atoms with Crippen molar-refractivity contribution in [1.82, 2.24) is 14.7 Å². The second kappa shape index (κ2) is 5.87. The Hall–Kier alpha value is -1.85. The molecule has 1 fully saturated rings. The normalized spacial score (nSPS) is 22.4. The predicted molar refractivity (Wildman–Crippen MR) is 77.9 cm³/mol. The van der Waals surface area contributed by atoms with Gasteiger partial charge in [-0.05, 0) is 33.6 Å². The van der Waals surface area contributed by atoms with Crippen LogP contribution in [0.1, 0.15) is 36.7 Å². The SMILES string of the molecule is Cc1nn(C)c(C)c1CC(=O)N1CC(C(=O)O)CCC1C. The van der Waals surface area contributed by atoms with Crippen LogP contribution in [0, 0.1) is 19.8 Å². The molecule has 1 aliphatic heterocycles. The first-order valence-corrected chi connectivity index (χ1v) is 7.32. The summed E-state index contributed by atoms with van der Waals surface area (Å²) in [5.74, 6) is -1.26. The number of rotatable bonds is 3. The predicted octanol–water partition coefficient (Wildman–Crippen LogP) is 1.29. The molecule has 2 atom stereocenters. The quantitative estimate of drug-likeness (QED) is 0.911. The van der Waals surface area contributed by atoms with E-state index in [9.17, 15) is 9.59 Å². The van der Waals surface area contributed by atoms with Gasteiger partial charge in [-0.3, -0.25) is 14.3 Å². The molecule has 1 amide bonds. The van der Waals surface area contributed by atoms with E-state index in [-0.39, 0.29) is 11.9 Å². The zero-order valence-electron chi connectivity index (χ0n) is 13.1. The van der Waals surface area contributed by atoms with Crippen molar-refractivity contribution in [3.63, 3.8) is 0 Å². The van der Waals surface area contributed by atoms with E-state index in [4.69, 9.17) is 5.11 Å². The van der Waals surface area contributed by atoms with E-state index in [1.807, 2.05) is 27.8 Å². The third-order valence-electron chi connectivity index (χ3n) is 4.54. The molecule has 0 spiro atoms. The topological polar surface area (TPSA) is 75.4 Å². The number of carboxylic acids is 1. The van der Waals surface area contributed by atoms with Gasteiger partial charge >= 0.3 is 5.97 Å². The van der Waals surface area contributed by atoms with Gasteiger partial charge in [0.05, 0.1) is 18.0 Å². The van der Waals surface area contributed by atoms with E-state index in [1.54, 1.807) is 9.58 Å². The molecular weight excluding hydrogens is 270 g/mol. The first-order chi connectivity index (χ1) is 9.81. The molecule has 1 aromatic heterocycles. The van der Waals surface area contributed by atoms with E-state index in [0.717, 1.165) is 23.4 Å². The Morgan fingerprint density at radius 1 is 1.33 bits per heavy atom. The summed E-state index contributed by atoms with van der Waals surface area (Å²) in [7, 11) is 1.86. The van der Waals surface area contributed by atoms with E-state index in [0.29, 0.717) is 19.4 Å². The molecule has 6 nitrogen and oxygen atoms in total. The van der Waals surface area contributed by atoms with Gasteiger partial charge in [-0.15, -0.1) is 0 Å². The Kier molecular flexibility index (Phi) is 4.34. The highest BCUT2D eigenvalue weighted by Crippen LogP contribution is 2.24. The van der Waals surface area contributed by atoms with Crippen molar-refractivity contribution in [3.05, 3.63) is 17.0 Å². The minimum absolute atomic E-state index is 0.00681. The molecule has 116 valence electrons. The summed E-state index contributed by atoms with van der Waals surface area (Å²) in [6, 6.07) is 0.102. The molecule has 21 heavy (non-hydrogen) atoms. The van der Waals surface area contributed by atoms with E-state index >= 15 is 0 Å². The Morgan fingerprint density at radius 2 is 2.00 bits per heavy atom. The molecule has 2 unspecified atom stereocenters. The highest BCUT2D eigenvalue weighted by Gasteiger charge is 2.32. The molecule has 1 aliphatic rings. The highest BCUT2D eigenvalue weighted by atomic mass is 16.4. The van der Waals surface area contributed by atoms with Crippen molar-refractivity contribution >= 4 is 11.9 Å². The van der Waals surface area contributed by atoms with E-state index in [2.05, 4.69) is 5.10 Å². The average molecular weight is 293 g/mol. The largest absolute Gasteiger partial charge is 0.481 e. The van der Waals surface area contributed by atoms with Crippen LogP contribution in [-0.2, 0) is 23.1 Å². The van der Waals surface area contributed by atoms with E-state index < -0.39 is 11.9 Å². The van der Waals surface area contributed by atoms with Gasteiger partial charge < -0.3 is 10.0 Å². The Bertz CT molecular complexity index is 565. The summed E-state index contributed by atoms with van der Waals surface area (Å²) in [5.41, 5.74) is 2.80. The van der Waals surface area contributed by atoms with Crippen LogP contribution in [0.15, 0.2) is 0 Å². The third kappa shape index (κ3) is 3.09. The molecule has 1 N–H and O–H groups in total. The second-order valence-corrected chi connectivity index (χ2v) is 5.96. The number of carbonyl (C=O) groups is 2. The lowest BCUT2D eigenvalue weighted by Crippen LogP contribution is -2.48. The molecule has 6 heteroatoms. The van der Waals surface area contributed by atoms with Crippen molar-refractivity contribution in [3.8, 4) is 0 Å². The summed E-state index contributed by atoms with van der Waals surface area (Å²) >= 11 is 0. The average Bonchev–Trinajstić information content (AvgIpc) is 2.65. The van der Waals surface area contributed by atoms with Crippen LogP contribution in [0.4, 0.5) is 0 Å². The maximum atomic E-state index is 12.6. The summed E-state index contributed by atoms with van der Waals surface area (Å²) in [4.78, 5) is 25.4. The monoisotopic (exact) mass is 293 g/mol. The standard InChI is InChI=1S/C15H23N3O3/c1-9-5-6-12(15(20)21)8-18(9)14(19)7-13-10(2)16-17(4)11(13)3/h9,12H,5-8H2,1-4H3,(H,20,21). The molecule has 2 rings (SSSR count). The maximum absolute atomic E-state index is 12.6. The number of carboxylic acid groups (broad SMARTS) is 1. The Labute approximate surface area is 124 Å². The van der Waals surface area contributed by atoms with Crippen LogP contribution < -0.4 is 0 Å². The molecule has 0 aromatic carbocycles. The lowest BCUT2D eigenvalue weighted by molar-refractivity contribution is -0.147. The minimum atomic E-state index is -0.812. The van der Waals surface area contributed by atoms with Gasteiger partial charge in [-0.25, -0.2) is 0 Å². The van der Waals surface area contributed by atoms with Gasteiger partial charge in [0.1, 0.15) is 0 Å². The fraction of sp³-hybridized carbons (Fsp3) is 0.667. The summed E-state index contributed by atoms with van der Waals surface area (Å²) in [6.07, 6.45) is 1.68. The lowest BCUT2D eigenvalue weighted by Gasteiger charge is -2.36. The first kappa shape index (κ1) is 15.5. The van der Waals surface area contributed by atoms with Crippen molar-refractivity contribution in [2.24, 2.45) is 13.0 Å². The molecule has 1 aromatic rings. The molecule has 0 radical (unpaired) electrons. The van der Waals surface area contributed by atoms with Crippen molar-refractivity contribution in [2.45, 2.75) is 46.1 Å². The van der Waals surface area contributed by atoms with Gasteiger partial charge in [0.25, 0.3) is 0 Å². The van der Waals surface area contributed by atoms with Crippen molar-refractivity contribution in [1.29, 1.82) is 0 Å². The van der Waals surface area contributed by atoms with Crippen molar-refractivity contribution in [2.75, 3.05) is 6.54 Å². The summed E-state index contributed by atoms with van der Waals surface area (Å²) in [6.45, 7) is 6.14. The van der Waals surface area contributed by atoms with Crippen LogP contribution >= 0.6 is 0 Å². The summed E-state index contributed by atoms with van der Waals surface area (Å²) < 4.78 is 1.78. The fourth-order valence-electron chi connectivity index (χ4n) is 2.98. The van der Waals surface area contributed by atoms with Crippen LogP contribution in [-0.4, -0.2) is 44.3 Å². The Balaban J connectivity index is 2.13. The molecule has 0 aliphatic carbocycles. The maximum Gasteiger partial charge on any atom is 0.308 e. The number of hydrogen-bond acceptors (Lipinski definition) is 3. The highest BCUT2D eigenvalue weighted by molar-refractivity contribution is 5.81. The van der Waals surface area contributed by atoms with E-state index in [1.165, 1.54) is 0 Å². The number of likely N-dealkylation sites (tertiary alicyclic amines) is 1. The Morgan fingerprint density at radius 3 is 2.52 bits per heavy atom. The molecule has 0 saturated carbocycles. The zero-order chi connectivity index (χ0) is 15.7. The number of aromatic nitrogens is 2. The third-order valence-corrected chi connectivity index (χ3v) is 4.54. The molecule has 0 bridgehead atoms. The van der Waals surface area contributed by atoms with Gasteiger partial charge in [0.2, 0.25) is 5.91 Å². The molecule has 1 saturated heterocycles. The van der Waals surface area contributed by atoms with Crippen LogP contribution in [0.5, 0.6) is 0 Å². The van der Waals surface area contributed by atoms with Crippen molar-refractivity contribution < 1.29 is 14.7 Å². The van der Waals surface area contributed by atoms with Gasteiger partial charge in [-0.1, -0.05) is 0 Å². The number of hydrogen-bond donors (Lipinski definition) is 1. The minimum Gasteiger partial charge on any atom is -0.481 e. The summed E-state index contributed by atoms with van der Waals surface area (Å²) in [5, 5.41) is 13.5. The zero-order valence-corrected chi connectivity index (χ0v) is 13.1.